The third kappa shape index (κ3) is 3.16. The second-order valence-electron chi connectivity index (χ2n) is 4.24. The minimum Gasteiger partial charge on any atom is -0.454 e. The van der Waals surface area contributed by atoms with Gasteiger partial charge >= 0.3 is 6.03 Å². The molecule has 1 aliphatic heterocycles. The molecule has 1 aromatic carbocycles. The van der Waals surface area contributed by atoms with Crippen molar-refractivity contribution in [2.24, 2.45) is 0 Å². The fourth-order valence-corrected chi connectivity index (χ4v) is 1.49. The fourth-order valence-electron chi connectivity index (χ4n) is 1.49. The number of nitrogens with one attached hydrogen (secondary N) is 2. The Balaban J connectivity index is 1.87. The lowest BCUT2D eigenvalue weighted by atomic mass is 10.2. The van der Waals surface area contributed by atoms with Gasteiger partial charge in [-0.05, 0) is 31.5 Å². The Morgan fingerprint density at radius 1 is 1.33 bits per heavy atom. The Hall–Kier alpha value is -2.17. The second-order valence-corrected chi connectivity index (χ2v) is 4.24. The molecular formula is C13H16N2O3. The van der Waals surface area contributed by atoms with E-state index in [4.69, 9.17) is 9.47 Å². The van der Waals surface area contributed by atoms with E-state index in [0.29, 0.717) is 6.54 Å². The quantitative estimate of drug-likeness (QED) is 0.861. The zero-order valence-electron chi connectivity index (χ0n) is 10.4. The number of hydrogen-bond acceptors (Lipinski definition) is 3. The molecule has 0 atom stereocenters. The van der Waals surface area contributed by atoms with Crippen LogP contribution in [0.1, 0.15) is 19.4 Å². The van der Waals surface area contributed by atoms with Gasteiger partial charge in [0.05, 0.1) is 0 Å². The minimum atomic E-state index is -0.228. The van der Waals surface area contributed by atoms with E-state index < -0.39 is 0 Å². The van der Waals surface area contributed by atoms with Crippen molar-refractivity contribution in [3.8, 4) is 11.5 Å². The summed E-state index contributed by atoms with van der Waals surface area (Å²) in [7, 11) is 0. The van der Waals surface area contributed by atoms with Gasteiger partial charge in [0.15, 0.2) is 11.5 Å². The van der Waals surface area contributed by atoms with Crippen LogP contribution in [-0.4, -0.2) is 12.8 Å². The maximum atomic E-state index is 11.4. The molecular weight excluding hydrogens is 232 g/mol. The second kappa shape index (κ2) is 5.44. The molecule has 0 aliphatic carbocycles. The lowest BCUT2D eigenvalue weighted by Gasteiger charge is -2.06. The average molecular weight is 248 g/mol. The van der Waals surface area contributed by atoms with Gasteiger partial charge in [0, 0.05) is 12.7 Å². The van der Waals surface area contributed by atoms with E-state index in [1.807, 2.05) is 32.0 Å². The molecule has 5 nitrogen and oxygen atoms in total. The monoisotopic (exact) mass is 248 g/mol. The number of benzene rings is 1. The molecule has 0 bridgehead atoms. The molecule has 2 amide bonds. The van der Waals surface area contributed by atoms with Crippen molar-refractivity contribution in [2.75, 3.05) is 6.79 Å². The minimum absolute atomic E-state index is 0.228. The van der Waals surface area contributed by atoms with Crippen molar-refractivity contribution >= 4 is 6.03 Å². The summed E-state index contributed by atoms with van der Waals surface area (Å²) in [6.07, 6.45) is 1.66. The molecule has 1 heterocycles. The molecule has 0 saturated carbocycles. The molecule has 2 rings (SSSR count). The van der Waals surface area contributed by atoms with Crippen LogP contribution >= 0.6 is 0 Å². The SMILES string of the molecule is CC(C)=CNC(=O)NCc1ccc2c(c1)OCO2. The predicted octanol–water partition coefficient (Wildman–Crippen LogP) is 2.14. The Morgan fingerprint density at radius 3 is 2.89 bits per heavy atom. The van der Waals surface area contributed by atoms with Crippen LogP contribution in [0, 0.1) is 0 Å². The van der Waals surface area contributed by atoms with Crippen molar-refractivity contribution in [2.45, 2.75) is 20.4 Å². The Kier molecular flexibility index (Phi) is 3.72. The smallest absolute Gasteiger partial charge is 0.319 e. The molecule has 1 aliphatic rings. The zero-order chi connectivity index (χ0) is 13.0. The normalized spacial score (nSPS) is 11.9. The Labute approximate surface area is 106 Å². The van der Waals surface area contributed by atoms with Crippen molar-refractivity contribution in [1.82, 2.24) is 10.6 Å². The highest BCUT2D eigenvalue weighted by molar-refractivity contribution is 5.74. The van der Waals surface area contributed by atoms with Crippen LogP contribution < -0.4 is 20.1 Å². The summed E-state index contributed by atoms with van der Waals surface area (Å²) in [5.41, 5.74) is 2.00. The van der Waals surface area contributed by atoms with Gasteiger partial charge in [-0.25, -0.2) is 4.79 Å². The molecule has 0 aromatic heterocycles. The molecule has 1 aromatic rings. The standard InChI is InChI=1S/C13H16N2O3/c1-9(2)6-14-13(16)15-7-10-3-4-11-12(5-10)18-8-17-11/h3-6H,7-8H2,1-2H3,(H2,14,15,16). The molecule has 0 spiro atoms. The number of amides is 2. The van der Waals surface area contributed by atoms with E-state index in [9.17, 15) is 4.79 Å². The summed E-state index contributed by atoms with van der Waals surface area (Å²) >= 11 is 0. The number of carbonyl (C=O) groups is 1. The summed E-state index contributed by atoms with van der Waals surface area (Å²) in [6.45, 7) is 4.53. The first-order chi connectivity index (χ1) is 8.65. The molecule has 18 heavy (non-hydrogen) atoms. The number of fused-ring (bicyclic) bond motifs is 1. The molecule has 0 unspecified atom stereocenters. The van der Waals surface area contributed by atoms with Crippen LogP contribution in [0.15, 0.2) is 30.0 Å². The van der Waals surface area contributed by atoms with Crippen molar-refractivity contribution in [3.63, 3.8) is 0 Å². The number of rotatable bonds is 3. The number of hydrogen-bond donors (Lipinski definition) is 2. The molecule has 5 heteroatoms. The lowest BCUT2D eigenvalue weighted by Crippen LogP contribution is -2.31. The van der Waals surface area contributed by atoms with Crippen molar-refractivity contribution in [3.05, 3.63) is 35.5 Å². The van der Waals surface area contributed by atoms with Gasteiger partial charge in [0.2, 0.25) is 6.79 Å². The van der Waals surface area contributed by atoms with Crippen LogP contribution in [0.2, 0.25) is 0 Å². The maximum Gasteiger partial charge on any atom is 0.319 e. The van der Waals surface area contributed by atoms with E-state index in [2.05, 4.69) is 10.6 Å². The van der Waals surface area contributed by atoms with Gasteiger partial charge in [-0.1, -0.05) is 11.6 Å². The highest BCUT2D eigenvalue weighted by Gasteiger charge is 2.13. The first kappa shape index (κ1) is 12.3. The van der Waals surface area contributed by atoms with Gasteiger partial charge in [-0.15, -0.1) is 0 Å². The van der Waals surface area contributed by atoms with Crippen LogP contribution in [0.4, 0.5) is 4.79 Å². The van der Waals surface area contributed by atoms with Crippen molar-refractivity contribution in [1.29, 1.82) is 0 Å². The van der Waals surface area contributed by atoms with Gasteiger partial charge < -0.3 is 20.1 Å². The van der Waals surface area contributed by atoms with Crippen LogP contribution in [0.5, 0.6) is 11.5 Å². The summed E-state index contributed by atoms with van der Waals surface area (Å²) in [5, 5.41) is 5.39. The number of allylic oxidation sites excluding steroid dienone is 1. The van der Waals surface area contributed by atoms with Crippen LogP contribution in [-0.2, 0) is 6.54 Å². The molecule has 0 saturated heterocycles. The Bertz CT molecular complexity index is 479. The zero-order valence-corrected chi connectivity index (χ0v) is 10.4. The van der Waals surface area contributed by atoms with E-state index >= 15 is 0 Å². The molecule has 0 radical (unpaired) electrons. The summed E-state index contributed by atoms with van der Waals surface area (Å²) in [6, 6.07) is 5.37. The van der Waals surface area contributed by atoms with Gasteiger partial charge in [-0.2, -0.15) is 0 Å². The lowest BCUT2D eigenvalue weighted by molar-refractivity contribution is 0.174. The van der Waals surface area contributed by atoms with E-state index in [1.165, 1.54) is 0 Å². The summed E-state index contributed by atoms with van der Waals surface area (Å²) in [4.78, 5) is 11.4. The Morgan fingerprint density at radius 2 is 2.11 bits per heavy atom. The van der Waals surface area contributed by atoms with Gasteiger partial charge in [0.25, 0.3) is 0 Å². The highest BCUT2D eigenvalue weighted by atomic mass is 16.7. The molecule has 2 N–H and O–H groups in total. The first-order valence-electron chi connectivity index (χ1n) is 5.71. The average Bonchev–Trinajstić information content (AvgIpc) is 2.81. The van der Waals surface area contributed by atoms with E-state index in [-0.39, 0.29) is 12.8 Å². The number of ether oxygens (including phenoxy) is 2. The predicted molar refractivity (Wildman–Crippen MR) is 67.4 cm³/mol. The first-order valence-corrected chi connectivity index (χ1v) is 5.71. The van der Waals surface area contributed by atoms with Gasteiger partial charge in [-0.3, -0.25) is 0 Å². The highest BCUT2D eigenvalue weighted by Crippen LogP contribution is 2.32. The summed E-state index contributed by atoms with van der Waals surface area (Å²) in [5.74, 6) is 1.46. The van der Waals surface area contributed by atoms with Gasteiger partial charge in [0.1, 0.15) is 0 Å². The van der Waals surface area contributed by atoms with Crippen molar-refractivity contribution < 1.29 is 14.3 Å². The van der Waals surface area contributed by atoms with Crippen LogP contribution in [0.25, 0.3) is 0 Å². The maximum absolute atomic E-state index is 11.4. The number of carbonyl (C=O) groups excluding carboxylic acids is 1. The van der Waals surface area contributed by atoms with E-state index in [1.54, 1.807) is 6.20 Å². The summed E-state index contributed by atoms with van der Waals surface area (Å²) < 4.78 is 10.5. The third-order valence-corrected chi connectivity index (χ3v) is 2.38. The molecule has 96 valence electrons. The largest absolute Gasteiger partial charge is 0.454 e. The third-order valence-electron chi connectivity index (χ3n) is 2.38. The fraction of sp³-hybridized carbons (Fsp3) is 0.308. The molecule has 0 fully saturated rings. The number of urea groups is 1. The van der Waals surface area contributed by atoms with Crippen LogP contribution in [0.3, 0.4) is 0 Å². The van der Waals surface area contributed by atoms with E-state index in [0.717, 1.165) is 22.6 Å². The topological polar surface area (TPSA) is 59.6 Å².